The molecule has 0 aliphatic heterocycles. The quantitative estimate of drug-likeness (QED) is 0.643. The van der Waals surface area contributed by atoms with E-state index in [1.807, 2.05) is 31.7 Å². The molecular formula is C24H30N4O2. The number of pyridine rings is 1. The third-order valence-corrected chi connectivity index (χ3v) is 6.02. The maximum Gasteiger partial charge on any atom is 0.273 e. The number of nitrogens with one attached hydrogen (secondary N) is 1. The summed E-state index contributed by atoms with van der Waals surface area (Å²) in [4.78, 5) is 13.0. The average Bonchev–Trinajstić information content (AvgIpc) is 3.22. The first-order valence-corrected chi connectivity index (χ1v) is 10.7. The van der Waals surface area contributed by atoms with Crippen LogP contribution in [0.1, 0.15) is 37.2 Å². The Morgan fingerprint density at radius 2 is 1.87 bits per heavy atom. The Kier molecular flexibility index (Phi) is 6.33. The number of hydrogen-bond acceptors (Lipinski definition) is 4. The molecule has 1 aromatic carbocycles. The van der Waals surface area contributed by atoms with E-state index >= 15 is 0 Å². The Labute approximate surface area is 177 Å². The molecule has 158 valence electrons. The highest BCUT2D eigenvalue weighted by atomic mass is 16.5. The van der Waals surface area contributed by atoms with Gasteiger partial charge < -0.3 is 14.6 Å². The number of methoxy groups -OCH3 is 1. The number of nitrogens with zero attached hydrogens (tertiary/aromatic N) is 3. The van der Waals surface area contributed by atoms with Gasteiger partial charge in [-0.3, -0.25) is 9.48 Å². The van der Waals surface area contributed by atoms with Crippen molar-refractivity contribution < 1.29 is 4.74 Å². The van der Waals surface area contributed by atoms with Crippen molar-refractivity contribution in [1.82, 2.24) is 14.3 Å². The molecule has 1 saturated carbocycles. The van der Waals surface area contributed by atoms with Gasteiger partial charge in [-0.05, 0) is 43.2 Å². The van der Waals surface area contributed by atoms with Gasteiger partial charge in [0.2, 0.25) is 0 Å². The maximum absolute atomic E-state index is 13.0. The van der Waals surface area contributed by atoms with E-state index in [4.69, 9.17) is 4.74 Å². The van der Waals surface area contributed by atoms with Gasteiger partial charge in [0.1, 0.15) is 5.69 Å². The van der Waals surface area contributed by atoms with Gasteiger partial charge in [-0.2, -0.15) is 5.10 Å². The van der Waals surface area contributed by atoms with Crippen molar-refractivity contribution in [1.29, 1.82) is 0 Å². The molecule has 3 aromatic rings. The Balaban J connectivity index is 1.52. The summed E-state index contributed by atoms with van der Waals surface area (Å²) in [5, 5.41) is 7.83. The van der Waals surface area contributed by atoms with Gasteiger partial charge >= 0.3 is 0 Å². The number of aryl methyl sites for hydroxylation is 1. The molecule has 0 bridgehead atoms. The van der Waals surface area contributed by atoms with Gasteiger partial charge in [0.05, 0.1) is 12.8 Å². The van der Waals surface area contributed by atoms with E-state index in [9.17, 15) is 4.79 Å². The van der Waals surface area contributed by atoms with E-state index in [0.29, 0.717) is 30.8 Å². The van der Waals surface area contributed by atoms with E-state index in [1.165, 1.54) is 5.56 Å². The largest absolute Gasteiger partial charge is 0.383 e. The SMILES string of the molecule is COCCn1cc(-c2cnn(C)c2)cc(N[C@H]2CC[C@@H](c3ccccc3)CC2)c1=O. The van der Waals surface area contributed by atoms with Crippen LogP contribution in [0, 0.1) is 0 Å². The van der Waals surface area contributed by atoms with Gasteiger partial charge in [0, 0.05) is 50.3 Å². The topological polar surface area (TPSA) is 61.1 Å². The van der Waals surface area contributed by atoms with E-state index in [0.717, 1.165) is 36.8 Å². The minimum absolute atomic E-state index is 0.00451. The van der Waals surface area contributed by atoms with Crippen molar-refractivity contribution in [3.8, 4) is 11.1 Å². The van der Waals surface area contributed by atoms with Crippen molar-refractivity contribution >= 4 is 5.69 Å². The van der Waals surface area contributed by atoms with Crippen LogP contribution in [0.5, 0.6) is 0 Å². The zero-order valence-corrected chi connectivity index (χ0v) is 17.8. The van der Waals surface area contributed by atoms with Crippen molar-refractivity contribution in [2.24, 2.45) is 7.05 Å². The summed E-state index contributed by atoms with van der Waals surface area (Å²) in [6.45, 7) is 1.02. The summed E-state index contributed by atoms with van der Waals surface area (Å²) < 4.78 is 8.71. The summed E-state index contributed by atoms with van der Waals surface area (Å²) in [7, 11) is 3.55. The predicted molar refractivity (Wildman–Crippen MR) is 120 cm³/mol. The third-order valence-electron chi connectivity index (χ3n) is 6.02. The number of benzene rings is 1. The second kappa shape index (κ2) is 9.30. The van der Waals surface area contributed by atoms with E-state index in [-0.39, 0.29) is 5.56 Å². The molecule has 30 heavy (non-hydrogen) atoms. The highest BCUT2D eigenvalue weighted by Crippen LogP contribution is 2.34. The second-order valence-corrected chi connectivity index (χ2v) is 8.14. The van der Waals surface area contributed by atoms with Crippen LogP contribution in [0.4, 0.5) is 5.69 Å². The lowest BCUT2D eigenvalue weighted by Crippen LogP contribution is -2.31. The van der Waals surface area contributed by atoms with Gasteiger partial charge in [-0.1, -0.05) is 30.3 Å². The monoisotopic (exact) mass is 406 g/mol. The molecule has 1 N–H and O–H groups in total. The molecule has 1 fully saturated rings. The molecule has 0 atom stereocenters. The first-order chi connectivity index (χ1) is 14.6. The molecule has 0 saturated heterocycles. The summed E-state index contributed by atoms with van der Waals surface area (Å²) in [5.74, 6) is 0.615. The highest BCUT2D eigenvalue weighted by molar-refractivity contribution is 5.65. The molecule has 4 rings (SSSR count). The number of anilines is 1. The van der Waals surface area contributed by atoms with Crippen LogP contribution in [0.3, 0.4) is 0 Å². The third kappa shape index (κ3) is 4.65. The lowest BCUT2D eigenvalue weighted by Gasteiger charge is -2.30. The van der Waals surface area contributed by atoms with Crippen LogP contribution >= 0.6 is 0 Å². The molecule has 2 aromatic heterocycles. The molecule has 6 nitrogen and oxygen atoms in total. The highest BCUT2D eigenvalue weighted by Gasteiger charge is 2.23. The fourth-order valence-corrected chi connectivity index (χ4v) is 4.34. The first-order valence-electron chi connectivity index (χ1n) is 10.7. The van der Waals surface area contributed by atoms with E-state index in [1.54, 1.807) is 16.4 Å². The van der Waals surface area contributed by atoms with Crippen molar-refractivity contribution in [2.45, 2.75) is 44.2 Å². The first kappa shape index (κ1) is 20.4. The zero-order valence-electron chi connectivity index (χ0n) is 17.8. The fraction of sp³-hybridized carbons (Fsp3) is 0.417. The van der Waals surface area contributed by atoms with Gasteiger partial charge in [-0.15, -0.1) is 0 Å². The molecular weight excluding hydrogens is 376 g/mol. The molecule has 0 spiro atoms. The fourth-order valence-electron chi connectivity index (χ4n) is 4.34. The van der Waals surface area contributed by atoms with Crippen LogP contribution in [-0.2, 0) is 18.3 Å². The molecule has 6 heteroatoms. The maximum atomic E-state index is 13.0. The van der Waals surface area contributed by atoms with Crippen LogP contribution in [-0.4, -0.2) is 34.1 Å². The van der Waals surface area contributed by atoms with E-state index in [2.05, 4.69) is 40.7 Å². The van der Waals surface area contributed by atoms with Crippen LogP contribution in [0.15, 0.2) is 59.8 Å². The summed E-state index contributed by atoms with van der Waals surface area (Å²) in [5.41, 5.74) is 4.08. The normalized spacial score (nSPS) is 19.0. The molecule has 2 heterocycles. The van der Waals surface area contributed by atoms with Crippen molar-refractivity contribution in [3.05, 3.63) is 70.9 Å². The number of hydrogen-bond donors (Lipinski definition) is 1. The Morgan fingerprint density at radius 1 is 1.10 bits per heavy atom. The lowest BCUT2D eigenvalue weighted by atomic mass is 9.82. The minimum Gasteiger partial charge on any atom is -0.383 e. The van der Waals surface area contributed by atoms with Crippen molar-refractivity contribution in [3.63, 3.8) is 0 Å². The molecule has 0 radical (unpaired) electrons. The second-order valence-electron chi connectivity index (χ2n) is 8.14. The summed E-state index contributed by atoms with van der Waals surface area (Å²) in [6, 6.07) is 13.0. The van der Waals surface area contributed by atoms with Gasteiger partial charge in [0.25, 0.3) is 5.56 Å². The van der Waals surface area contributed by atoms with Gasteiger partial charge in [-0.25, -0.2) is 0 Å². The summed E-state index contributed by atoms with van der Waals surface area (Å²) >= 11 is 0. The van der Waals surface area contributed by atoms with Gasteiger partial charge in [0.15, 0.2) is 0 Å². The molecule has 0 amide bonds. The Morgan fingerprint density at radius 3 is 2.53 bits per heavy atom. The van der Waals surface area contributed by atoms with Crippen LogP contribution in [0.2, 0.25) is 0 Å². The standard InChI is InChI=1S/C24H30N4O2/c1-27-16-21(15-25-27)20-14-23(24(29)28(17-20)12-13-30-2)26-22-10-8-19(9-11-22)18-6-4-3-5-7-18/h3-7,14-17,19,22,26H,8-13H2,1-2H3/t19-,22+. The predicted octanol–water partition coefficient (Wildman–Crippen LogP) is 4.03. The molecule has 1 aliphatic carbocycles. The van der Waals surface area contributed by atoms with Crippen LogP contribution in [0.25, 0.3) is 11.1 Å². The number of aromatic nitrogens is 3. The minimum atomic E-state index is 0.00451. The average molecular weight is 407 g/mol. The molecule has 1 aliphatic rings. The summed E-state index contributed by atoms with van der Waals surface area (Å²) in [6.07, 6.45) is 10.1. The smallest absolute Gasteiger partial charge is 0.273 e. The van der Waals surface area contributed by atoms with Crippen molar-refractivity contribution in [2.75, 3.05) is 19.0 Å². The Bertz CT molecular complexity index is 1020. The van der Waals surface area contributed by atoms with E-state index < -0.39 is 0 Å². The Hall–Kier alpha value is -2.86. The zero-order chi connectivity index (χ0) is 20.9. The molecule has 0 unspecified atom stereocenters. The number of rotatable bonds is 7. The van der Waals surface area contributed by atoms with Crippen LogP contribution < -0.4 is 10.9 Å². The lowest BCUT2D eigenvalue weighted by molar-refractivity contribution is 0.186. The number of ether oxygens (including phenoxy) is 1.